The van der Waals surface area contributed by atoms with Crippen LogP contribution in [0, 0.1) is 11.8 Å². The molecule has 0 spiro atoms. The first-order chi connectivity index (χ1) is 12.3. The molecule has 2 N–H and O–H groups in total. The van der Waals surface area contributed by atoms with Gasteiger partial charge >= 0.3 is 6.09 Å². The number of fused-ring (bicyclic) bond motifs is 1. The molecular weight excluding hydrogens is 456 g/mol. The van der Waals surface area contributed by atoms with Gasteiger partial charge in [-0.3, -0.25) is 0 Å². The molecule has 1 aromatic carbocycles. The summed E-state index contributed by atoms with van der Waals surface area (Å²) in [5.41, 5.74) is 5.39. The van der Waals surface area contributed by atoms with Crippen LogP contribution < -0.4 is 15.2 Å². The lowest BCUT2D eigenvalue weighted by molar-refractivity contribution is 0.209. The minimum atomic E-state index is -1.06. The number of nitrogens with zero attached hydrogens (tertiary/aromatic N) is 2. The van der Waals surface area contributed by atoms with Crippen LogP contribution >= 0.6 is 38.9 Å². The van der Waals surface area contributed by atoms with Crippen molar-refractivity contribution in [2.45, 2.75) is 6.42 Å². The zero-order chi connectivity index (χ0) is 18.8. The zero-order valence-electron chi connectivity index (χ0n) is 12.8. The van der Waals surface area contributed by atoms with Gasteiger partial charge < -0.3 is 15.2 Å². The van der Waals surface area contributed by atoms with Gasteiger partial charge in [-0.05, 0) is 28.1 Å². The van der Waals surface area contributed by atoms with E-state index < -0.39 is 17.9 Å². The number of ether oxygens (including phenoxy) is 2. The molecule has 1 amide bonds. The molecule has 26 heavy (non-hydrogen) atoms. The van der Waals surface area contributed by atoms with Crippen LogP contribution in [0.5, 0.6) is 11.5 Å². The van der Waals surface area contributed by atoms with E-state index in [0.29, 0.717) is 14.1 Å². The van der Waals surface area contributed by atoms with Crippen LogP contribution in [0.1, 0.15) is 5.69 Å². The number of carbonyl (C=O) groups is 1. The summed E-state index contributed by atoms with van der Waals surface area (Å²) in [6.45, 7) is -0.0652. The van der Waals surface area contributed by atoms with Crippen LogP contribution in [0.3, 0.4) is 0 Å². The van der Waals surface area contributed by atoms with E-state index in [0.717, 1.165) is 6.07 Å². The number of thiazole rings is 1. The first kappa shape index (κ1) is 18.7. The fourth-order valence-electron chi connectivity index (χ4n) is 2.16. The second-order valence-corrected chi connectivity index (χ2v) is 7.60. The van der Waals surface area contributed by atoms with Crippen molar-refractivity contribution >= 4 is 55.2 Å². The Kier molecular flexibility index (Phi) is 5.54. The molecule has 0 atom stereocenters. The summed E-state index contributed by atoms with van der Waals surface area (Å²) in [5.74, 6) is -1.59. The monoisotopic (exact) mass is 463 g/mol. The number of hydrogen-bond acceptors (Lipinski definition) is 6. The van der Waals surface area contributed by atoms with Gasteiger partial charge in [0.2, 0.25) is 5.95 Å². The van der Waals surface area contributed by atoms with Gasteiger partial charge in [0.05, 0.1) is 17.0 Å². The number of rotatable bonds is 5. The van der Waals surface area contributed by atoms with Gasteiger partial charge in [-0.15, -0.1) is 11.3 Å². The van der Waals surface area contributed by atoms with Crippen molar-refractivity contribution in [3.8, 4) is 11.5 Å². The smallest absolute Gasteiger partial charge is 0.410 e. The van der Waals surface area contributed by atoms with Crippen molar-refractivity contribution in [2.24, 2.45) is 5.73 Å². The van der Waals surface area contributed by atoms with Crippen molar-refractivity contribution in [3.05, 3.63) is 44.6 Å². The van der Waals surface area contributed by atoms with Crippen LogP contribution in [0.4, 0.5) is 13.6 Å². The maximum absolute atomic E-state index is 14.3. The lowest BCUT2D eigenvalue weighted by Gasteiger charge is -2.10. The number of hydrogen-bond donors (Lipinski definition) is 1. The third-order valence-corrected chi connectivity index (χ3v) is 5.01. The Bertz CT molecular complexity index is 1000. The van der Waals surface area contributed by atoms with Crippen LogP contribution in [0.15, 0.2) is 22.1 Å². The van der Waals surface area contributed by atoms with Crippen molar-refractivity contribution in [3.63, 3.8) is 0 Å². The van der Waals surface area contributed by atoms with Crippen molar-refractivity contribution in [1.82, 2.24) is 9.97 Å². The zero-order valence-corrected chi connectivity index (χ0v) is 15.9. The van der Waals surface area contributed by atoms with E-state index in [-0.39, 0.29) is 35.2 Å². The van der Waals surface area contributed by atoms with Crippen molar-refractivity contribution in [2.75, 3.05) is 6.61 Å². The van der Waals surface area contributed by atoms with Crippen LogP contribution in [0.25, 0.3) is 10.2 Å². The van der Waals surface area contributed by atoms with Crippen LogP contribution in [-0.4, -0.2) is 22.7 Å². The number of nitrogens with two attached hydrogens (primary N) is 1. The summed E-state index contributed by atoms with van der Waals surface area (Å²) in [7, 11) is 0. The Hall–Kier alpha value is -2.04. The molecule has 11 heteroatoms. The molecule has 6 nitrogen and oxygen atoms in total. The minimum absolute atomic E-state index is 0.00263. The Morgan fingerprint density at radius 3 is 2.81 bits per heavy atom. The van der Waals surface area contributed by atoms with Crippen LogP contribution in [-0.2, 0) is 6.42 Å². The fourth-order valence-corrected chi connectivity index (χ4v) is 3.88. The molecule has 0 saturated carbocycles. The molecule has 0 aliphatic carbocycles. The quantitative estimate of drug-likeness (QED) is 0.563. The summed E-state index contributed by atoms with van der Waals surface area (Å²) in [6.07, 6.45) is -1.01. The van der Waals surface area contributed by atoms with Crippen molar-refractivity contribution < 1.29 is 23.0 Å². The number of halogens is 4. The predicted molar refractivity (Wildman–Crippen MR) is 95.9 cm³/mol. The van der Waals surface area contributed by atoms with E-state index in [1.54, 1.807) is 0 Å². The number of primary amides is 1. The van der Waals surface area contributed by atoms with Gasteiger partial charge in [-0.25, -0.2) is 19.2 Å². The molecule has 0 aliphatic rings. The second-order valence-electron chi connectivity index (χ2n) is 4.91. The fraction of sp³-hybridized carbons (Fsp3) is 0.133. The maximum atomic E-state index is 14.3. The number of benzene rings is 1. The third kappa shape index (κ3) is 4.02. The number of carbonyl (C=O) groups excluding carboxylic acids is 1. The minimum Gasteiger partial charge on any atom is -0.490 e. The molecular formula is C15H9BrClF2N3O3S. The highest BCUT2D eigenvalue weighted by molar-refractivity contribution is 9.11. The lowest BCUT2D eigenvalue weighted by Crippen LogP contribution is -2.18. The molecule has 0 fully saturated rings. The van der Waals surface area contributed by atoms with E-state index in [1.807, 2.05) is 0 Å². The number of amides is 1. The van der Waals surface area contributed by atoms with Gasteiger partial charge in [-0.2, -0.15) is 4.39 Å². The highest BCUT2D eigenvalue weighted by Crippen LogP contribution is 2.37. The molecule has 0 aliphatic heterocycles. The topological polar surface area (TPSA) is 87.3 Å². The van der Waals surface area contributed by atoms with E-state index in [1.165, 1.54) is 23.5 Å². The molecule has 2 heterocycles. The highest BCUT2D eigenvalue weighted by atomic mass is 79.9. The van der Waals surface area contributed by atoms with E-state index >= 15 is 0 Å². The van der Waals surface area contributed by atoms with E-state index in [2.05, 4.69) is 25.9 Å². The van der Waals surface area contributed by atoms with Gasteiger partial charge in [0.25, 0.3) is 0 Å². The molecule has 0 saturated heterocycles. The molecule has 0 bridgehead atoms. The Labute approximate surface area is 163 Å². The van der Waals surface area contributed by atoms with E-state index in [9.17, 15) is 13.6 Å². The second kappa shape index (κ2) is 7.68. The summed E-state index contributed by atoms with van der Waals surface area (Å²) in [6, 6.07) is 3.72. The normalized spacial score (nSPS) is 10.9. The maximum Gasteiger partial charge on any atom is 0.410 e. The lowest BCUT2D eigenvalue weighted by atomic mass is 10.2. The number of aromatic nitrogens is 2. The first-order valence-electron chi connectivity index (χ1n) is 7.04. The van der Waals surface area contributed by atoms with Gasteiger partial charge in [0.1, 0.15) is 10.5 Å². The predicted octanol–water partition coefficient (Wildman–Crippen LogP) is 4.46. The van der Waals surface area contributed by atoms with Gasteiger partial charge in [-0.1, -0.05) is 11.6 Å². The largest absolute Gasteiger partial charge is 0.490 e. The average molecular weight is 465 g/mol. The molecule has 0 radical (unpaired) electrons. The van der Waals surface area contributed by atoms with E-state index in [4.69, 9.17) is 26.8 Å². The molecule has 3 rings (SSSR count). The first-order valence-corrected chi connectivity index (χ1v) is 9.03. The standard InChI is InChI=1S/C15H9BrClF2N3O3S/c16-14-22-13-9(26-14)5-8(12(19)11(13)17)24-4-3-6-7(25-15(20)23)1-2-10(18)21-6/h1-2,5H,3-4H2,(H2,20,23). The summed E-state index contributed by atoms with van der Waals surface area (Å²) < 4.78 is 39.0. The Balaban J connectivity index is 1.78. The summed E-state index contributed by atoms with van der Waals surface area (Å²) in [4.78, 5) is 18.6. The highest BCUT2D eigenvalue weighted by Gasteiger charge is 2.17. The van der Waals surface area contributed by atoms with Crippen LogP contribution in [0.2, 0.25) is 5.02 Å². The third-order valence-electron chi connectivity index (χ3n) is 3.21. The summed E-state index contributed by atoms with van der Waals surface area (Å²) >= 11 is 10.5. The SMILES string of the molecule is NC(=O)Oc1ccc(F)nc1CCOc1cc2sc(Br)nc2c(Cl)c1F. The Morgan fingerprint density at radius 2 is 2.08 bits per heavy atom. The van der Waals surface area contributed by atoms with Crippen molar-refractivity contribution in [1.29, 1.82) is 0 Å². The molecule has 0 unspecified atom stereocenters. The average Bonchev–Trinajstić information content (AvgIpc) is 2.94. The Morgan fingerprint density at radius 1 is 1.31 bits per heavy atom. The summed E-state index contributed by atoms with van der Waals surface area (Å²) in [5, 5.41) is -0.152. The van der Waals surface area contributed by atoms with Gasteiger partial charge in [0.15, 0.2) is 21.2 Å². The van der Waals surface area contributed by atoms with Gasteiger partial charge in [0, 0.05) is 12.5 Å². The molecule has 136 valence electrons. The molecule has 2 aromatic heterocycles. The number of pyridine rings is 1. The molecule has 3 aromatic rings.